The van der Waals surface area contributed by atoms with Gasteiger partial charge in [0, 0.05) is 19.6 Å². The summed E-state index contributed by atoms with van der Waals surface area (Å²) in [6.45, 7) is 1.75. The third-order valence-corrected chi connectivity index (χ3v) is 1.25. The lowest BCUT2D eigenvalue weighted by Crippen LogP contribution is -2.32. The van der Waals surface area contributed by atoms with Gasteiger partial charge in [-0.05, 0) is 14.1 Å². The van der Waals surface area contributed by atoms with Crippen LogP contribution in [0.3, 0.4) is 0 Å². The zero-order valence-electron chi connectivity index (χ0n) is 11.3. The van der Waals surface area contributed by atoms with E-state index in [-0.39, 0.29) is 19.8 Å². The first-order chi connectivity index (χ1) is 8.85. The van der Waals surface area contributed by atoms with Gasteiger partial charge in [-0.1, -0.05) is 0 Å². The molecule has 0 amide bonds. The molecule has 0 spiro atoms. The highest BCUT2D eigenvalue weighted by Gasteiger charge is 2.00. The smallest absolute Gasteiger partial charge is 0.394 e. The molecule has 0 rings (SSSR count). The van der Waals surface area contributed by atoms with Crippen LogP contribution in [0.4, 0.5) is 0 Å². The summed E-state index contributed by atoms with van der Waals surface area (Å²) in [6.07, 6.45) is 0. The predicted molar refractivity (Wildman–Crippen MR) is 72.1 cm³/mol. The zero-order chi connectivity index (χ0) is 16.3. The van der Waals surface area contributed by atoms with Crippen LogP contribution >= 0.6 is 0 Å². The SMILES string of the molecule is CN.CN.O=S(=O)(O)O.OCCN(CCO)CCO. The maximum Gasteiger partial charge on any atom is 0.394 e. The van der Waals surface area contributed by atoms with Crippen molar-refractivity contribution in [1.29, 1.82) is 0 Å². The van der Waals surface area contributed by atoms with Gasteiger partial charge in [0.25, 0.3) is 0 Å². The van der Waals surface area contributed by atoms with Crippen molar-refractivity contribution in [2.24, 2.45) is 11.5 Å². The average Bonchev–Trinajstić information content (AvgIpc) is 2.33. The van der Waals surface area contributed by atoms with Gasteiger partial charge in [0.15, 0.2) is 0 Å². The highest BCUT2D eigenvalue weighted by atomic mass is 32.3. The number of nitrogens with two attached hydrogens (primary N) is 2. The summed E-state index contributed by atoms with van der Waals surface area (Å²) in [6, 6.07) is 0. The summed E-state index contributed by atoms with van der Waals surface area (Å²) in [5.74, 6) is 0. The van der Waals surface area contributed by atoms with Crippen molar-refractivity contribution in [1.82, 2.24) is 4.90 Å². The molecule has 0 unspecified atom stereocenters. The minimum absolute atomic E-state index is 0.0694. The fraction of sp³-hybridized carbons (Fsp3) is 1.00. The van der Waals surface area contributed by atoms with Gasteiger partial charge in [-0.25, -0.2) is 0 Å². The molecule has 0 aliphatic rings. The summed E-state index contributed by atoms with van der Waals surface area (Å²) < 4.78 is 31.6. The van der Waals surface area contributed by atoms with Gasteiger partial charge in [0.05, 0.1) is 19.8 Å². The highest BCUT2D eigenvalue weighted by Crippen LogP contribution is 1.84. The molecule has 0 radical (unpaired) electrons. The van der Waals surface area contributed by atoms with E-state index >= 15 is 0 Å². The maximum absolute atomic E-state index is 8.74. The fourth-order valence-electron chi connectivity index (χ4n) is 0.760. The second kappa shape index (κ2) is 22.8. The molecular formula is C8H27N3O7S. The predicted octanol–water partition coefficient (Wildman–Crippen LogP) is -3.24. The lowest BCUT2D eigenvalue weighted by molar-refractivity contribution is 0.136. The van der Waals surface area contributed by atoms with E-state index in [1.165, 1.54) is 14.1 Å². The molecule has 11 heteroatoms. The average molecular weight is 309 g/mol. The van der Waals surface area contributed by atoms with E-state index in [4.69, 9.17) is 32.8 Å². The molecule has 0 aromatic carbocycles. The monoisotopic (exact) mass is 309 g/mol. The number of aliphatic hydroxyl groups is 3. The van der Waals surface area contributed by atoms with Crippen LogP contribution in [0, 0.1) is 0 Å². The Labute approximate surface area is 114 Å². The number of aliphatic hydroxyl groups excluding tert-OH is 3. The van der Waals surface area contributed by atoms with Gasteiger partial charge in [0.2, 0.25) is 0 Å². The Morgan fingerprint density at radius 2 is 0.947 bits per heavy atom. The lowest BCUT2D eigenvalue weighted by atomic mass is 10.4. The van der Waals surface area contributed by atoms with Crippen molar-refractivity contribution in [3.8, 4) is 0 Å². The number of rotatable bonds is 6. The van der Waals surface area contributed by atoms with Crippen LogP contribution in [0.1, 0.15) is 0 Å². The van der Waals surface area contributed by atoms with Gasteiger partial charge >= 0.3 is 10.4 Å². The molecule has 122 valence electrons. The molecule has 0 atom stereocenters. The van der Waals surface area contributed by atoms with Crippen LogP contribution in [-0.2, 0) is 10.4 Å². The van der Waals surface area contributed by atoms with Crippen molar-refractivity contribution in [2.45, 2.75) is 0 Å². The molecule has 0 aliphatic carbocycles. The molecule has 0 saturated heterocycles. The van der Waals surface area contributed by atoms with E-state index < -0.39 is 10.4 Å². The van der Waals surface area contributed by atoms with Crippen LogP contribution < -0.4 is 11.5 Å². The molecule has 9 N–H and O–H groups in total. The standard InChI is InChI=1S/C6H15NO3.2CH5N.H2O4S/c8-4-1-7(2-5-9)3-6-10;2*1-2;1-5(2,3)4/h8-10H,1-6H2;2*2H2,1H3;(H2,1,2,3,4). The Morgan fingerprint density at radius 1 is 0.789 bits per heavy atom. The summed E-state index contributed by atoms with van der Waals surface area (Å²) in [7, 11) is -1.67. The van der Waals surface area contributed by atoms with E-state index in [0.29, 0.717) is 19.6 Å². The molecule has 0 aliphatic heterocycles. The second-order valence-corrected chi connectivity index (χ2v) is 3.36. The van der Waals surface area contributed by atoms with Crippen molar-refractivity contribution in [2.75, 3.05) is 53.6 Å². The van der Waals surface area contributed by atoms with Gasteiger partial charge in [-0.3, -0.25) is 14.0 Å². The van der Waals surface area contributed by atoms with Crippen molar-refractivity contribution >= 4 is 10.4 Å². The Kier molecular flexibility index (Phi) is 32.4. The Balaban J connectivity index is -0.000000105. The Morgan fingerprint density at radius 3 is 1.05 bits per heavy atom. The summed E-state index contributed by atoms with van der Waals surface area (Å²) >= 11 is 0. The molecule has 0 aromatic rings. The van der Waals surface area contributed by atoms with E-state index in [1.54, 1.807) is 4.90 Å². The summed E-state index contributed by atoms with van der Waals surface area (Å²) in [5.41, 5.74) is 9.00. The Bertz CT molecular complexity index is 204. The number of nitrogens with zero attached hydrogens (tertiary/aromatic N) is 1. The van der Waals surface area contributed by atoms with Crippen LogP contribution in [0.2, 0.25) is 0 Å². The molecule has 19 heavy (non-hydrogen) atoms. The van der Waals surface area contributed by atoms with E-state index in [9.17, 15) is 0 Å². The third kappa shape index (κ3) is 57.8. The quantitative estimate of drug-likeness (QED) is 0.245. The minimum atomic E-state index is -4.67. The third-order valence-electron chi connectivity index (χ3n) is 1.25. The molecule has 0 heterocycles. The number of hydrogen-bond donors (Lipinski definition) is 7. The second-order valence-electron chi connectivity index (χ2n) is 2.46. The zero-order valence-corrected chi connectivity index (χ0v) is 12.1. The van der Waals surface area contributed by atoms with Gasteiger partial charge in [-0.15, -0.1) is 0 Å². The normalized spacial score (nSPS) is 9.37. The first-order valence-corrected chi connectivity index (χ1v) is 6.65. The van der Waals surface area contributed by atoms with Gasteiger partial charge < -0.3 is 26.8 Å². The molecule has 0 fully saturated rings. The highest BCUT2D eigenvalue weighted by molar-refractivity contribution is 7.79. The van der Waals surface area contributed by atoms with Crippen molar-refractivity contribution in [3.05, 3.63) is 0 Å². The molecular weight excluding hydrogens is 282 g/mol. The van der Waals surface area contributed by atoms with Crippen LogP contribution in [0.15, 0.2) is 0 Å². The van der Waals surface area contributed by atoms with Crippen molar-refractivity contribution in [3.63, 3.8) is 0 Å². The summed E-state index contributed by atoms with van der Waals surface area (Å²) in [5, 5.41) is 25.5. The largest absolute Gasteiger partial charge is 0.395 e. The Hall–Kier alpha value is -0.370. The topological polar surface area (TPSA) is 191 Å². The molecule has 10 nitrogen and oxygen atoms in total. The number of hydrogen-bond acceptors (Lipinski definition) is 8. The molecule has 0 aromatic heterocycles. The molecule has 0 bridgehead atoms. The lowest BCUT2D eigenvalue weighted by Gasteiger charge is -2.17. The van der Waals surface area contributed by atoms with Crippen LogP contribution in [0.5, 0.6) is 0 Å². The van der Waals surface area contributed by atoms with E-state index in [2.05, 4.69) is 11.5 Å². The van der Waals surface area contributed by atoms with Gasteiger partial charge in [-0.2, -0.15) is 8.42 Å². The maximum atomic E-state index is 8.74. The minimum Gasteiger partial charge on any atom is -0.395 e. The van der Waals surface area contributed by atoms with Crippen molar-refractivity contribution < 1.29 is 32.8 Å². The van der Waals surface area contributed by atoms with Crippen LogP contribution in [0.25, 0.3) is 0 Å². The first-order valence-electron chi connectivity index (χ1n) is 5.25. The van der Waals surface area contributed by atoms with Crippen LogP contribution in [-0.4, -0.2) is 91.3 Å². The summed E-state index contributed by atoms with van der Waals surface area (Å²) in [4.78, 5) is 1.79. The fourth-order valence-corrected chi connectivity index (χ4v) is 0.760. The molecule has 0 saturated carbocycles. The van der Waals surface area contributed by atoms with Gasteiger partial charge in [0.1, 0.15) is 0 Å². The first kappa shape index (κ1) is 27.1. The van der Waals surface area contributed by atoms with E-state index in [0.717, 1.165) is 0 Å². The van der Waals surface area contributed by atoms with E-state index in [1.807, 2.05) is 0 Å².